The number of carbonyl (C=O) groups is 1. The number of fused-ring (bicyclic) bond motifs is 2. The van der Waals surface area contributed by atoms with Crippen molar-refractivity contribution in [2.24, 2.45) is 5.92 Å². The molecule has 0 aromatic carbocycles. The van der Waals surface area contributed by atoms with E-state index in [2.05, 4.69) is 29.0 Å². The third-order valence-corrected chi connectivity index (χ3v) is 5.98. The topological polar surface area (TPSA) is 63.7 Å². The zero-order valence-corrected chi connectivity index (χ0v) is 16.0. The molecule has 26 heavy (non-hydrogen) atoms. The van der Waals surface area contributed by atoms with Crippen LogP contribution in [0.2, 0.25) is 0 Å². The summed E-state index contributed by atoms with van der Waals surface area (Å²) in [6, 6.07) is 2.54. The molecule has 1 aliphatic carbocycles. The fourth-order valence-corrected chi connectivity index (χ4v) is 4.44. The number of carbonyl (C=O) groups excluding carboxylic acids is 1. The lowest BCUT2D eigenvalue weighted by Gasteiger charge is -2.36. The molecule has 1 amide bonds. The molecule has 1 aromatic rings. The maximum atomic E-state index is 12.9. The van der Waals surface area contributed by atoms with E-state index in [1.807, 2.05) is 6.07 Å². The molecule has 2 saturated heterocycles. The zero-order chi connectivity index (χ0) is 18.3. The van der Waals surface area contributed by atoms with Crippen LogP contribution in [-0.4, -0.2) is 60.8 Å². The monoisotopic (exact) mass is 359 g/mol. The van der Waals surface area contributed by atoms with Gasteiger partial charge < -0.3 is 14.8 Å². The Bertz CT molecular complexity index is 691. The molecule has 0 saturated carbocycles. The van der Waals surface area contributed by atoms with E-state index in [9.17, 15) is 4.79 Å². The van der Waals surface area contributed by atoms with Gasteiger partial charge in [-0.1, -0.05) is 13.8 Å². The summed E-state index contributed by atoms with van der Waals surface area (Å²) in [4.78, 5) is 19.9. The normalized spacial score (nSPS) is 28.1. The van der Waals surface area contributed by atoms with Crippen LogP contribution >= 0.6 is 0 Å². The fourth-order valence-electron chi connectivity index (χ4n) is 4.44. The van der Waals surface area contributed by atoms with Crippen LogP contribution in [0.5, 0.6) is 5.88 Å². The Hall–Kier alpha value is -1.66. The van der Waals surface area contributed by atoms with E-state index in [1.165, 1.54) is 5.56 Å². The lowest BCUT2D eigenvalue weighted by Crippen LogP contribution is -2.48. The van der Waals surface area contributed by atoms with Gasteiger partial charge in [-0.2, -0.15) is 0 Å². The molecule has 3 atom stereocenters. The summed E-state index contributed by atoms with van der Waals surface area (Å²) in [5.74, 6) is 0.892. The third-order valence-electron chi connectivity index (χ3n) is 5.98. The molecule has 2 fully saturated rings. The van der Waals surface area contributed by atoms with Crippen molar-refractivity contribution in [2.75, 3.05) is 26.8 Å². The number of hydrogen-bond donors (Lipinski definition) is 1. The van der Waals surface area contributed by atoms with Crippen LogP contribution in [0.15, 0.2) is 6.07 Å². The molecular formula is C20H29N3O3. The second kappa shape index (κ2) is 7.16. The number of amides is 1. The minimum absolute atomic E-state index is 0.0739. The van der Waals surface area contributed by atoms with Gasteiger partial charge in [-0.25, -0.2) is 4.98 Å². The Morgan fingerprint density at radius 1 is 1.38 bits per heavy atom. The Balaban J connectivity index is 1.43. The Morgan fingerprint density at radius 3 is 3.00 bits per heavy atom. The largest absolute Gasteiger partial charge is 0.480 e. The summed E-state index contributed by atoms with van der Waals surface area (Å²) < 4.78 is 11.4. The minimum Gasteiger partial charge on any atom is -0.480 e. The van der Waals surface area contributed by atoms with Crippen LogP contribution in [-0.2, 0) is 17.6 Å². The first-order valence-electron chi connectivity index (χ1n) is 9.78. The summed E-state index contributed by atoms with van der Waals surface area (Å²) in [7, 11) is 1.58. The molecular weight excluding hydrogens is 330 g/mol. The highest BCUT2D eigenvalue weighted by molar-refractivity contribution is 5.96. The highest BCUT2D eigenvalue weighted by Crippen LogP contribution is 2.28. The molecule has 1 N–H and O–H groups in total. The van der Waals surface area contributed by atoms with E-state index in [0.29, 0.717) is 29.5 Å². The van der Waals surface area contributed by atoms with E-state index in [0.717, 1.165) is 51.1 Å². The predicted octanol–water partition coefficient (Wildman–Crippen LogP) is 1.81. The van der Waals surface area contributed by atoms with Crippen molar-refractivity contribution in [1.82, 2.24) is 15.2 Å². The zero-order valence-electron chi connectivity index (χ0n) is 16.0. The van der Waals surface area contributed by atoms with Gasteiger partial charge >= 0.3 is 0 Å². The Morgan fingerprint density at radius 2 is 2.23 bits per heavy atom. The molecule has 0 bridgehead atoms. The maximum Gasteiger partial charge on any atom is 0.257 e. The van der Waals surface area contributed by atoms with Crippen LogP contribution in [0.4, 0.5) is 0 Å². The van der Waals surface area contributed by atoms with Gasteiger partial charge in [0.05, 0.1) is 19.8 Å². The average molecular weight is 359 g/mol. The van der Waals surface area contributed by atoms with Crippen molar-refractivity contribution in [2.45, 2.75) is 57.7 Å². The van der Waals surface area contributed by atoms with E-state index in [4.69, 9.17) is 9.47 Å². The number of hydrogen-bond acceptors (Lipinski definition) is 5. The van der Waals surface area contributed by atoms with Crippen LogP contribution in [0, 0.1) is 5.92 Å². The highest BCUT2D eigenvalue weighted by Gasteiger charge is 2.39. The summed E-state index contributed by atoms with van der Waals surface area (Å²) in [5, 5.41) is 3.21. The van der Waals surface area contributed by atoms with Crippen molar-refractivity contribution in [3.05, 3.63) is 22.9 Å². The van der Waals surface area contributed by atoms with Gasteiger partial charge in [-0.15, -0.1) is 0 Å². The number of ether oxygens (including phenoxy) is 2. The number of nitrogens with zero attached hydrogens (tertiary/aromatic N) is 2. The second-order valence-electron chi connectivity index (χ2n) is 8.13. The Labute approximate surface area is 155 Å². The van der Waals surface area contributed by atoms with Crippen LogP contribution < -0.4 is 10.1 Å². The second-order valence-corrected chi connectivity index (χ2v) is 8.13. The van der Waals surface area contributed by atoms with Crippen molar-refractivity contribution in [1.29, 1.82) is 0 Å². The number of morpholine rings is 1. The Kier molecular flexibility index (Phi) is 4.88. The number of aromatic nitrogens is 1. The van der Waals surface area contributed by atoms with E-state index < -0.39 is 0 Å². The number of methoxy groups -OCH3 is 1. The van der Waals surface area contributed by atoms with Gasteiger partial charge in [0.2, 0.25) is 5.88 Å². The van der Waals surface area contributed by atoms with Crippen molar-refractivity contribution < 1.29 is 14.3 Å². The predicted molar refractivity (Wildman–Crippen MR) is 98.6 cm³/mol. The first-order chi connectivity index (χ1) is 12.5. The van der Waals surface area contributed by atoms with Crippen LogP contribution in [0.1, 0.15) is 48.3 Å². The van der Waals surface area contributed by atoms with E-state index >= 15 is 0 Å². The number of pyridine rings is 1. The quantitative estimate of drug-likeness (QED) is 0.888. The molecule has 2 aliphatic heterocycles. The standard InChI is InChI=1S/C20H29N3O3/c1-12(2)18-10-23-9-14(8-15(23)11-26-18)21-19(24)16-7-13-5-4-6-17(13)22-20(16)25-3/h7,12,14-15,18H,4-6,8-11H2,1-3H3,(H,21,24)/t14-,15-,18-/m0/s1. The molecule has 1 aromatic heterocycles. The number of aryl methyl sites for hydroxylation is 2. The molecule has 6 heteroatoms. The van der Waals surface area contributed by atoms with Crippen LogP contribution in [0.25, 0.3) is 0 Å². The van der Waals surface area contributed by atoms with E-state index in [1.54, 1.807) is 7.11 Å². The highest BCUT2D eigenvalue weighted by atomic mass is 16.5. The number of rotatable bonds is 4. The van der Waals surface area contributed by atoms with Gasteiger partial charge in [0.25, 0.3) is 5.91 Å². The molecule has 0 unspecified atom stereocenters. The molecule has 3 aliphatic rings. The molecule has 0 spiro atoms. The van der Waals surface area contributed by atoms with Gasteiger partial charge in [-0.3, -0.25) is 9.69 Å². The molecule has 3 heterocycles. The van der Waals surface area contributed by atoms with Gasteiger partial charge in [0.15, 0.2) is 0 Å². The lowest BCUT2D eigenvalue weighted by molar-refractivity contribution is -0.0683. The summed E-state index contributed by atoms with van der Waals surface area (Å²) in [6.45, 7) is 7.02. The smallest absolute Gasteiger partial charge is 0.257 e. The van der Waals surface area contributed by atoms with Gasteiger partial charge in [0.1, 0.15) is 5.56 Å². The molecule has 0 radical (unpaired) electrons. The first-order valence-corrected chi connectivity index (χ1v) is 9.78. The van der Waals surface area contributed by atoms with Gasteiger partial charge in [-0.05, 0) is 43.2 Å². The van der Waals surface area contributed by atoms with Crippen molar-refractivity contribution >= 4 is 5.91 Å². The molecule has 6 nitrogen and oxygen atoms in total. The summed E-state index contributed by atoms with van der Waals surface area (Å²) in [6.07, 6.45) is 4.31. The maximum absolute atomic E-state index is 12.9. The molecule has 142 valence electrons. The number of nitrogens with one attached hydrogen (secondary N) is 1. The van der Waals surface area contributed by atoms with Gasteiger partial charge in [0, 0.05) is 30.9 Å². The van der Waals surface area contributed by atoms with Crippen molar-refractivity contribution in [3.8, 4) is 5.88 Å². The SMILES string of the molecule is COc1nc2c(cc1C(=O)N[C@H]1C[C@H]3CO[C@H](C(C)C)CN3C1)CCC2. The van der Waals surface area contributed by atoms with E-state index in [-0.39, 0.29) is 11.9 Å². The van der Waals surface area contributed by atoms with Crippen LogP contribution in [0.3, 0.4) is 0 Å². The third kappa shape index (κ3) is 3.32. The molecule has 4 rings (SSSR count). The lowest BCUT2D eigenvalue weighted by atomic mass is 10.0. The average Bonchev–Trinajstić information content (AvgIpc) is 3.24. The first kappa shape index (κ1) is 17.7. The minimum atomic E-state index is -0.0739. The summed E-state index contributed by atoms with van der Waals surface area (Å²) >= 11 is 0. The fraction of sp³-hybridized carbons (Fsp3) is 0.700. The summed E-state index contributed by atoms with van der Waals surface area (Å²) in [5.41, 5.74) is 2.83. The van der Waals surface area contributed by atoms with Crippen molar-refractivity contribution in [3.63, 3.8) is 0 Å².